The molecule has 0 saturated carbocycles. The first kappa shape index (κ1) is 6.90. The molecule has 0 bridgehead atoms. The predicted molar refractivity (Wildman–Crippen MR) is 45.0 cm³/mol. The van der Waals surface area contributed by atoms with Crippen molar-refractivity contribution in [3.8, 4) is 0 Å². The Morgan fingerprint density at radius 3 is 3.17 bits per heavy atom. The average Bonchev–Trinajstić information content (AvgIpc) is 2.48. The van der Waals surface area contributed by atoms with Crippen LogP contribution in [0, 0.1) is 6.92 Å². The third-order valence-corrected chi connectivity index (χ3v) is 1.77. The van der Waals surface area contributed by atoms with Crippen LogP contribution in [0.15, 0.2) is 17.1 Å². The molecule has 0 aliphatic rings. The number of nitrogens with zero attached hydrogens (tertiary/aromatic N) is 2. The van der Waals surface area contributed by atoms with Crippen LogP contribution in [-0.2, 0) is 0 Å². The Bertz CT molecular complexity index is 482. The number of hydrogen-bond donors (Lipinski definition) is 2. The number of rotatable bonds is 0. The molecule has 0 aromatic carbocycles. The number of fused-ring (bicyclic) bond motifs is 1. The summed E-state index contributed by atoms with van der Waals surface area (Å²) in [6.07, 6.45) is 1.64. The lowest BCUT2D eigenvalue weighted by Gasteiger charge is -1.98. The summed E-state index contributed by atoms with van der Waals surface area (Å²) in [5, 5.41) is 2.72. The maximum atomic E-state index is 11.4. The van der Waals surface area contributed by atoms with Crippen molar-refractivity contribution in [3.63, 3.8) is 0 Å². The summed E-state index contributed by atoms with van der Waals surface area (Å²) in [5.74, 6) is 0. The minimum absolute atomic E-state index is 0.190. The zero-order chi connectivity index (χ0) is 8.72. The molecule has 5 heteroatoms. The van der Waals surface area contributed by atoms with Crippen LogP contribution in [0.1, 0.15) is 5.69 Å². The molecule has 62 valence electrons. The normalized spacial score (nSPS) is 10.8. The molecule has 5 nitrogen and oxygen atoms in total. The zero-order valence-corrected chi connectivity index (χ0v) is 6.53. The van der Waals surface area contributed by atoms with Crippen molar-refractivity contribution in [2.24, 2.45) is 0 Å². The van der Waals surface area contributed by atoms with Crippen molar-refractivity contribution < 1.29 is 0 Å². The average molecular weight is 164 g/mol. The van der Waals surface area contributed by atoms with Gasteiger partial charge in [-0.1, -0.05) is 0 Å². The van der Waals surface area contributed by atoms with Gasteiger partial charge in [0.05, 0.1) is 5.69 Å². The SMILES string of the molecule is Cc1nc2cc[nH]n2c(=O)c1N. The number of hydrogen-bond acceptors (Lipinski definition) is 3. The minimum atomic E-state index is -0.248. The fourth-order valence-electron chi connectivity index (χ4n) is 1.08. The lowest BCUT2D eigenvalue weighted by molar-refractivity contribution is 0.895. The third-order valence-electron chi connectivity index (χ3n) is 1.77. The van der Waals surface area contributed by atoms with Gasteiger partial charge in [0.1, 0.15) is 5.69 Å². The van der Waals surface area contributed by atoms with E-state index in [9.17, 15) is 4.79 Å². The first-order valence-electron chi connectivity index (χ1n) is 3.52. The van der Waals surface area contributed by atoms with Crippen LogP contribution in [-0.4, -0.2) is 14.6 Å². The Kier molecular flexibility index (Phi) is 1.21. The Labute approximate surface area is 67.8 Å². The molecule has 0 saturated heterocycles. The van der Waals surface area contributed by atoms with Crippen molar-refractivity contribution in [1.82, 2.24) is 14.6 Å². The monoisotopic (exact) mass is 164 g/mol. The molecular weight excluding hydrogens is 156 g/mol. The van der Waals surface area contributed by atoms with E-state index in [-0.39, 0.29) is 11.2 Å². The number of aryl methyl sites for hydroxylation is 1. The first-order chi connectivity index (χ1) is 5.70. The lowest BCUT2D eigenvalue weighted by atomic mass is 10.4. The lowest BCUT2D eigenvalue weighted by Crippen LogP contribution is -2.20. The van der Waals surface area contributed by atoms with E-state index in [1.807, 2.05) is 0 Å². The van der Waals surface area contributed by atoms with Crippen LogP contribution in [0.3, 0.4) is 0 Å². The standard InChI is InChI=1S/C7H8N4O/c1-4-6(8)7(12)11-5(10-4)2-3-9-11/h2-3,9H,8H2,1H3. The third kappa shape index (κ3) is 0.730. The molecule has 2 heterocycles. The van der Waals surface area contributed by atoms with Gasteiger partial charge in [-0.05, 0) is 6.92 Å². The molecule has 0 amide bonds. The van der Waals surface area contributed by atoms with E-state index >= 15 is 0 Å². The fourth-order valence-corrected chi connectivity index (χ4v) is 1.08. The van der Waals surface area contributed by atoms with E-state index in [1.54, 1.807) is 19.2 Å². The highest BCUT2D eigenvalue weighted by Gasteiger charge is 2.05. The highest BCUT2D eigenvalue weighted by molar-refractivity contribution is 5.47. The molecule has 2 aromatic rings. The topological polar surface area (TPSA) is 76.2 Å². The second kappa shape index (κ2) is 2.10. The van der Waals surface area contributed by atoms with E-state index in [0.29, 0.717) is 11.3 Å². The van der Waals surface area contributed by atoms with Crippen molar-refractivity contribution in [3.05, 3.63) is 28.3 Å². The zero-order valence-electron chi connectivity index (χ0n) is 6.53. The Balaban J connectivity index is 3.05. The molecule has 0 fully saturated rings. The molecule has 2 aromatic heterocycles. The van der Waals surface area contributed by atoms with Gasteiger partial charge in [0, 0.05) is 12.3 Å². The Morgan fingerprint density at radius 2 is 2.42 bits per heavy atom. The van der Waals surface area contributed by atoms with Crippen molar-refractivity contribution in [2.75, 3.05) is 5.73 Å². The van der Waals surface area contributed by atoms with Gasteiger partial charge < -0.3 is 5.73 Å². The van der Waals surface area contributed by atoms with Crippen molar-refractivity contribution in [2.45, 2.75) is 6.92 Å². The molecule has 0 radical (unpaired) electrons. The molecule has 12 heavy (non-hydrogen) atoms. The van der Waals surface area contributed by atoms with Crippen LogP contribution in [0.4, 0.5) is 5.69 Å². The maximum Gasteiger partial charge on any atom is 0.296 e. The summed E-state index contributed by atoms with van der Waals surface area (Å²) in [4.78, 5) is 15.5. The van der Waals surface area contributed by atoms with Crippen LogP contribution >= 0.6 is 0 Å². The predicted octanol–water partition coefficient (Wildman–Crippen LogP) is -0.0868. The molecule has 0 unspecified atom stereocenters. The van der Waals surface area contributed by atoms with Gasteiger partial charge in [-0.2, -0.15) is 4.52 Å². The van der Waals surface area contributed by atoms with Crippen LogP contribution in [0.25, 0.3) is 5.65 Å². The molecule has 2 rings (SSSR count). The number of anilines is 1. The second-order valence-electron chi connectivity index (χ2n) is 2.57. The van der Waals surface area contributed by atoms with Gasteiger partial charge in [0.15, 0.2) is 5.65 Å². The van der Waals surface area contributed by atoms with Crippen molar-refractivity contribution >= 4 is 11.3 Å². The van der Waals surface area contributed by atoms with Gasteiger partial charge >= 0.3 is 0 Å². The second-order valence-corrected chi connectivity index (χ2v) is 2.57. The number of aromatic amines is 1. The van der Waals surface area contributed by atoms with E-state index < -0.39 is 0 Å². The van der Waals surface area contributed by atoms with Gasteiger partial charge in [-0.3, -0.25) is 9.89 Å². The van der Waals surface area contributed by atoms with Crippen molar-refractivity contribution in [1.29, 1.82) is 0 Å². The number of nitrogen functional groups attached to an aromatic ring is 1. The number of aromatic nitrogens is 3. The quantitative estimate of drug-likeness (QED) is 0.571. The molecular formula is C7H8N4O. The Hall–Kier alpha value is -1.78. The number of nitrogens with two attached hydrogens (primary N) is 1. The van der Waals surface area contributed by atoms with Gasteiger partial charge in [0.2, 0.25) is 0 Å². The van der Waals surface area contributed by atoms with E-state index in [4.69, 9.17) is 5.73 Å². The molecule has 0 spiro atoms. The summed E-state index contributed by atoms with van der Waals surface area (Å²) < 4.78 is 1.31. The maximum absolute atomic E-state index is 11.4. The first-order valence-corrected chi connectivity index (χ1v) is 3.52. The highest BCUT2D eigenvalue weighted by atomic mass is 16.1. The molecule has 0 aliphatic heterocycles. The minimum Gasteiger partial charge on any atom is -0.393 e. The van der Waals surface area contributed by atoms with Crippen LogP contribution < -0.4 is 11.3 Å². The summed E-state index contributed by atoms with van der Waals surface area (Å²) >= 11 is 0. The van der Waals surface area contributed by atoms with E-state index in [1.165, 1.54) is 4.52 Å². The summed E-state index contributed by atoms with van der Waals surface area (Å²) in [6, 6.07) is 1.72. The van der Waals surface area contributed by atoms with Crippen LogP contribution in [0.5, 0.6) is 0 Å². The highest BCUT2D eigenvalue weighted by Crippen LogP contribution is 2.02. The number of H-pyrrole nitrogens is 1. The fraction of sp³-hybridized carbons (Fsp3) is 0.143. The summed E-state index contributed by atoms with van der Waals surface area (Å²) in [6.45, 7) is 1.71. The van der Waals surface area contributed by atoms with Gasteiger partial charge in [-0.25, -0.2) is 4.98 Å². The molecule has 3 N–H and O–H groups in total. The largest absolute Gasteiger partial charge is 0.393 e. The smallest absolute Gasteiger partial charge is 0.296 e. The molecule has 0 aliphatic carbocycles. The van der Waals surface area contributed by atoms with Gasteiger partial charge in [0.25, 0.3) is 5.56 Å². The summed E-state index contributed by atoms with van der Waals surface area (Å²) in [7, 11) is 0. The van der Waals surface area contributed by atoms with Crippen LogP contribution in [0.2, 0.25) is 0 Å². The summed E-state index contributed by atoms with van der Waals surface area (Å²) in [5.41, 5.74) is 6.59. The van der Waals surface area contributed by atoms with E-state index in [2.05, 4.69) is 10.1 Å². The molecule has 0 atom stereocenters. The van der Waals surface area contributed by atoms with E-state index in [0.717, 1.165) is 0 Å². The number of nitrogens with one attached hydrogen (secondary N) is 1. The Morgan fingerprint density at radius 1 is 1.67 bits per heavy atom. The van der Waals surface area contributed by atoms with Gasteiger partial charge in [-0.15, -0.1) is 0 Å².